The van der Waals surface area contributed by atoms with Crippen molar-refractivity contribution >= 4 is 12.1 Å². The minimum Gasteiger partial charge on any atom is -0.329 e. The van der Waals surface area contributed by atoms with Crippen LogP contribution in [0.25, 0.3) is 11.1 Å². The summed E-state index contributed by atoms with van der Waals surface area (Å²) in [5, 5.41) is 2.64. The molecule has 0 spiro atoms. The zero-order valence-electron chi connectivity index (χ0n) is 8.97. The highest BCUT2D eigenvalue weighted by Gasteiger charge is 2.01. The van der Waals surface area contributed by atoms with Crippen LogP contribution in [0.2, 0.25) is 0 Å². The van der Waals surface area contributed by atoms with Gasteiger partial charge in [-0.3, -0.25) is 9.78 Å². The summed E-state index contributed by atoms with van der Waals surface area (Å²) in [4.78, 5) is 14.5. The Hall–Kier alpha value is -2.16. The molecule has 1 N–H and O–H groups in total. The van der Waals surface area contributed by atoms with E-state index in [4.69, 9.17) is 0 Å². The van der Waals surface area contributed by atoms with Gasteiger partial charge in [0.2, 0.25) is 6.41 Å². The van der Waals surface area contributed by atoms with Gasteiger partial charge in [0.15, 0.2) is 0 Å². The Balaban J connectivity index is 2.44. The second-order valence-corrected chi connectivity index (χ2v) is 3.53. The molecule has 0 bridgehead atoms. The lowest BCUT2D eigenvalue weighted by Crippen LogP contribution is -1.93. The van der Waals surface area contributed by atoms with Gasteiger partial charge in [0.05, 0.1) is 0 Å². The molecule has 80 valence electrons. The van der Waals surface area contributed by atoms with Crippen molar-refractivity contribution in [2.24, 2.45) is 0 Å². The average Bonchev–Trinajstić information content (AvgIpc) is 2.30. The molecule has 0 radical (unpaired) electrons. The van der Waals surface area contributed by atoms with Crippen LogP contribution < -0.4 is 5.32 Å². The van der Waals surface area contributed by atoms with Crippen LogP contribution in [0.5, 0.6) is 0 Å². The predicted octanol–water partition coefficient (Wildman–Crippen LogP) is 2.63. The SMILES string of the molecule is Cc1ccncc1-c1cccc(NC=O)c1. The molecule has 1 amide bonds. The molecule has 1 aromatic heterocycles. The maximum absolute atomic E-state index is 10.4. The molecule has 1 heterocycles. The molecule has 0 atom stereocenters. The van der Waals surface area contributed by atoms with Crippen LogP contribution in [0.4, 0.5) is 5.69 Å². The fraction of sp³-hybridized carbons (Fsp3) is 0.0769. The highest BCUT2D eigenvalue weighted by molar-refractivity contribution is 5.76. The topological polar surface area (TPSA) is 42.0 Å². The van der Waals surface area contributed by atoms with Gasteiger partial charge in [-0.15, -0.1) is 0 Å². The van der Waals surface area contributed by atoms with Crippen molar-refractivity contribution < 1.29 is 4.79 Å². The first-order chi connectivity index (χ1) is 7.81. The Bertz CT molecular complexity index is 509. The van der Waals surface area contributed by atoms with Crippen LogP contribution in [0, 0.1) is 6.92 Å². The molecule has 2 aromatic rings. The Morgan fingerprint density at radius 3 is 2.94 bits per heavy atom. The van der Waals surface area contributed by atoms with Gasteiger partial charge in [0, 0.05) is 23.6 Å². The van der Waals surface area contributed by atoms with Crippen molar-refractivity contribution in [2.75, 3.05) is 5.32 Å². The normalized spacial score (nSPS) is 9.81. The van der Waals surface area contributed by atoms with E-state index in [1.54, 1.807) is 6.20 Å². The first kappa shape index (κ1) is 10.4. The molecule has 0 saturated heterocycles. The molecule has 0 aliphatic carbocycles. The first-order valence-electron chi connectivity index (χ1n) is 5.02. The lowest BCUT2D eigenvalue weighted by molar-refractivity contribution is -0.105. The van der Waals surface area contributed by atoms with Crippen molar-refractivity contribution in [1.29, 1.82) is 0 Å². The zero-order chi connectivity index (χ0) is 11.4. The molecule has 16 heavy (non-hydrogen) atoms. The summed E-state index contributed by atoms with van der Waals surface area (Å²) >= 11 is 0. The maximum Gasteiger partial charge on any atom is 0.211 e. The number of carbonyl (C=O) groups is 1. The van der Waals surface area contributed by atoms with E-state index < -0.39 is 0 Å². The van der Waals surface area contributed by atoms with Gasteiger partial charge in [-0.05, 0) is 36.2 Å². The molecular formula is C13H12N2O. The highest BCUT2D eigenvalue weighted by atomic mass is 16.1. The van der Waals surface area contributed by atoms with Crippen LogP contribution in [0.15, 0.2) is 42.7 Å². The van der Waals surface area contributed by atoms with Crippen LogP contribution in [-0.4, -0.2) is 11.4 Å². The Morgan fingerprint density at radius 2 is 2.19 bits per heavy atom. The van der Waals surface area contributed by atoms with Gasteiger partial charge in [0.1, 0.15) is 0 Å². The number of amides is 1. The largest absolute Gasteiger partial charge is 0.329 e. The number of carbonyl (C=O) groups excluding carboxylic acids is 1. The lowest BCUT2D eigenvalue weighted by atomic mass is 10.0. The third-order valence-corrected chi connectivity index (χ3v) is 2.44. The number of anilines is 1. The van der Waals surface area contributed by atoms with E-state index in [1.165, 1.54) is 5.56 Å². The van der Waals surface area contributed by atoms with Crippen LogP contribution >= 0.6 is 0 Å². The van der Waals surface area contributed by atoms with Crippen molar-refractivity contribution in [3.05, 3.63) is 48.3 Å². The Morgan fingerprint density at radius 1 is 1.31 bits per heavy atom. The number of rotatable bonds is 3. The van der Waals surface area contributed by atoms with Gasteiger partial charge in [-0.2, -0.15) is 0 Å². The smallest absolute Gasteiger partial charge is 0.211 e. The molecule has 0 aliphatic heterocycles. The second-order valence-electron chi connectivity index (χ2n) is 3.53. The van der Waals surface area contributed by atoms with Crippen molar-refractivity contribution in [3.63, 3.8) is 0 Å². The minimum absolute atomic E-state index is 0.676. The summed E-state index contributed by atoms with van der Waals surface area (Å²) < 4.78 is 0. The second kappa shape index (κ2) is 4.57. The third-order valence-electron chi connectivity index (χ3n) is 2.44. The van der Waals surface area contributed by atoms with Crippen LogP contribution in [-0.2, 0) is 4.79 Å². The van der Waals surface area contributed by atoms with Gasteiger partial charge in [0.25, 0.3) is 0 Å². The first-order valence-corrected chi connectivity index (χ1v) is 5.02. The molecule has 2 rings (SSSR count). The minimum atomic E-state index is 0.676. The number of hydrogen-bond acceptors (Lipinski definition) is 2. The number of aryl methyl sites for hydroxylation is 1. The number of nitrogens with one attached hydrogen (secondary N) is 1. The Kier molecular flexibility index (Phi) is 2.96. The molecule has 0 saturated carbocycles. The molecular weight excluding hydrogens is 200 g/mol. The van der Waals surface area contributed by atoms with E-state index in [0.717, 1.165) is 16.8 Å². The maximum atomic E-state index is 10.4. The van der Waals surface area contributed by atoms with Gasteiger partial charge >= 0.3 is 0 Å². The van der Waals surface area contributed by atoms with Crippen molar-refractivity contribution in [1.82, 2.24) is 4.98 Å². The molecule has 0 unspecified atom stereocenters. The van der Waals surface area contributed by atoms with E-state index in [-0.39, 0.29) is 0 Å². The monoisotopic (exact) mass is 212 g/mol. The summed E-state index contributed by atoms with van der Waals surface area (Å²) in [5.41, 5.74) is 4.09. The number of hydrogen-bond donors (Lipinski definition) is 1. The summed E-state index contributed by atoms with van der Waals surface area (Å²) in [5.74, 6) is 0. The third kappa shape index (κ3) is 2.08. The number of aromatic nitrogens is 1. The molecule has 3 heteroatoms. The fourth-order valence-electron chi connectivity index (χ4n) is 1.61. The van der Waals surface area contributed by atoms with Crippen LogP contribution in [0.1, 0.15) is 5.56 Å². The van der Waals surface area contributed by atoms with Gasteiger partial charge in [-0.25, -0.2) is 0 Å². The Labute approximate surface area is 94.1 Å². The molecule has 0 aliphatic rings. The van der Waals surface area contributed by atoms with E-state index >= 15 is 0 Å². The lowest BCUT2D eigenvalue weighted by Gasteiger charge is -2.06. The van der Waals surface area contributed by atoms with E-state index in [9.17, 15) is 4.79 Å². The molecule has 1 aromatic carbocycles. The van der Waals surface area contributed by atoms with Crippen molar-refractivity contribution in [3.8, 4) is 11.1 Å². The van der Waals surface area contributed by atoms with Gasteiger partial charge < -0.3 is 5.32 Å². The zero-order valence-corrected chi connectivity index (χ0v) is 8.97. The summed E-state index contributed by atoms with van der Waals surface area (Å²) in [7, 11) is 0. The standard InChI is InChI=1S/C13H12N2O/c1-10-5-6-14-8-13(10)11-3-2-4-12(7-11)15-9-16/h2-9H,1H3,(H,15,16). The van der Waals surface area contributed by atoms with E-state index in [1.807, 2.05) is 43.5 Å². The highest BCUT2D eigenvalue weighted by Crippen LogP contribution is 2.24. The quantitative estimate of drug-likeness (QED) is 0.794. The average molecular weight is 212 g/mol. The molecule has 3 nitrogen and oxygen atoms in total. The van der Waals surface area contributed by atoms with Crippen LogP contribution in [0.3, 0.4) is 0 Å². The van der Waals surface area contributed by atoms with E-state index in [2.05, 4.69) is 10.3 Å². The van der Waals surface area contributed by atoms with E-state index in [0.29, 0.717) is 6.41 Å². The van der Waals surface area contributed by atoms with Gasteiger partial charge in [-0.1, -0.05) is 12.1 Å². The number of pyridine rings is 1. The molecule has 0 fully saturated rings. The fourth-order valence-corrected chi connectivity index (χ4v) is 1.61. The number of benzene rings is 1. The van der Waals surface area contributed by atoms with Crippen molar-refractivity contribution in [2.45, 2.75) is 6.92 Å². The summed E-state index contributed by atoms with van der Waals surface area (Å²) in [6.45, 7) is 2.04. The predicted molar refractivity (Wildman–Crippen MR) is 64.1 cm³/mol. The summed E-state index contributed by atoms with van der Waals surface area (Å²) in [6, 6.07) is 9.66. The number of nitrogens with zero attached hydrogens (tertiary/aromatic N) is 1. The summed E-state index contributed by atoms with van der Waals surface area (Å²) in [6.07, 6.45) is 4.27.